The van der Waals surface area contributed by atoms with E-state index in [9.17, 15) is 0 Å². The second-order valence-corrected chi connectivity index (χ2v) is 17.3. The molecule has 12 aromatic rings. The molecule has 0 saturated heterocycles. The molecule has 9 aromatic carbocycles. The zero-order valence-electron chi connectivity index (χ0n) is 36.6. The van der Waals surface area contributed by atoms with Crippen molar-refractivity contribution in [2.24, 2.45) is 0 Å². The molecule has 3 aromatic heterocycles. The molecule has 3 heterocycles. The molecule has 13 rings (SSSR count). The van der Waals surface area contributed by atoms with Crippen LogP contribution >= 0.6 is 0 Å². The normalized spacial score (nSPS) is 13.6. The fourth-order valence-corrected chi connectivity index (χ4v) is 10.4. The molecule has 1 unspecified atom stereocenters. The summed E-state index contributed by atoms with van der Waals surface area (Å²) >= 11 is 0. The van der Waals surface area contributed by atoms with Gasteiger partial charge >= 0.3 is 0 Å². The Morgan fingerprint density at radius 1 is 0.358 bits per heavy atom. The highest BCUT2D eigenvalue weighted by Crippen LogP contribution is 2.44. The molecule has 1 aliphatic rings. The minimum absolute atomic E-state index is 0.270. The van der Waals surface area contributed by atoms with Crippen LogP contribution in [0.3, 0.4) is 0 Å². The van der Waals surface area contributed by atoms with Gasteiger partial charge in [-0.1, -0.05) is 158 Å². The van der Waals surface area contributed by atoms with Gasteiger partial charge in [0.25, 0.3) is 0 Å². The zero-order chi connectivity index (χ0) is 44.3. The van der Waals surface area contributed by atoms with E-state index in [2.05, 4.69) is 256 Å². The van der Waals surface area contributed by atoms with E-state index >= 15 is 0 Å². The van der Waals surface area contributed by atoms with Gasteiger partial charge in [-0.05, 0) is 125 Å². The summed E-state index contributed by atoms with van der Waals surface area (Å²) in [5.74, 6) is 1.73. The average molecular weight is 858 g/mol. The van der Waals surface area contributed by atoms with Gasteiger partial charge in [-0.25, -0.2) is 9.97 Å². The van der Waals surface area contributed by atoms with Crippen molar-refractivity contribution in [3.05, 3.63) is 243 Å². The quantitative estimate of drug-likeness (QED) is 0.153. The van der Waals surface area contributed by atoms with Gasteiger partial charge in [0.15, 0.2) is 0 Å². The molecule has 0 N–H and O–H groups in total. The Labute approximate surface area is 388 Å². The predicted octanol–water partition coefficient (Wildman–Crippen LogP) is 15.9. The lowest BCUT2D eigenvalue weighted by molar-refractivity contribution is 0.648. The molecule has 0 bridgehead atoms. The van der Waals surface area contributed by atoms with Gasteiger partial charge in [0, 0.05) is 44.3 Å². The molecule has 0 saturated carbocycles. The molecule has 0 radical (unpaired) electrons. The predicted molar refractivity (Wildman–Crippen MR) is 278 cm³/mol. The Morgan fingerprint density at radius 3 is 1.42 bits per heavy atom. The number of hydrogen-bond donors (Lipinski definition) is 0. The van der Waals surface area contributed by atoms with Gasteiger partial charge in [-0.3, -0.25) is 9.13 Å². The van der Waals surface area contributed by atoms with E-state index in [1.54, 1.807) is 0 Å². The molecule has 0 amide bonds. The molecule has 0 spiro atoms. The molecular weight excluding hydrogens is 815 g/mol. The SMILES string of the molecule is C1=CCC(n2c3ccccc3c3cc(-c4ccccc4-c4ccccc4-c4cc(-c5nc6ccccc6n5-c5ccccc5)cc(-c5nc6ccccc6n5-c5ccccc5)c4)ccc32)C=C1. The number of para-hydroxylation sites is 7. The number of aromatic nitrogens is 5. The van der Waals surface area contributed by atoms with E-state index in [0.29, 0.717) is 0 Å². The molecule has 67 heavy (non-hydrogen) atoms. The first-order chi connectivity index (χ1) is 33.2. The Balaban J connectivity index is 1.04. The maximum Gasteiger partial charge on any atom is 0.145 e. The average Bonchev–Trinajstić information content (AvgIpc) is 4.10. The molecule has 1 atom stereocenters. The van der Waals surface area contributed by atoms with Gasteiger partial charge in [0.1, 0.15) is 11.6 Å². The topological polar surface area (TPSA) is 40.6 Å². The highest BCUT2D eigenvalue weighted by Gasteiger charge is 2.23. The lowest BCUT2D eigenvalue weighted by Gasteiger charge is -2.19. The van der Waals surface area contributed by atoms with Gasteiger partial charge in [0.05, 0.1) is 28.1 Å². The van der Waals surface area contributed by atoms with Crippen molar-refractivity contribution in [1.82, 2.24) is 23.7 Å². The highest BCUT2D eigenvalue weighted by atomic mass is 15.1. The van der Waals surface area contributed by atoms with Crippen molar-refractivity contribution in [2.45, 2.75) is 12.5 Å². The molecule has 0 aliphatic heterocycles. The summed E-state index contributed by atoms with van der Waals surface area (Å²) in [6, 6.07) is 78.7. The van der Waals surface area contributed by atoms with Crippen LogP contribution < -0.4 is 0 Å². The summed E-state index contributed by atoms with van der Waals surface area (Å²) in [5, 5.41) is 2.53. The molecular formula is C62H43N5. The van der Waals surface area contributed by atoms with E-state index in [-0.39, 0.29) is 6.04 Å². The van der Waals surface area contributed by atoms with E-state index in [1.165, 1.54) is 38.5 Å². The van der Waals surface area contributed by atoms with Crippen LogP contribution in [0.2, 0.25) is 0 Å². The van der Waals surface area contributed by atoms with Gasteiger partial charge in [-0.2, -0.15) is 0 Å². The minimum atomic E-state index is 0.270. The zero-order valence-corrected chi connectivity index (χ0v) is 36.6. The third kappa shape index (κ3) is 6.54. The van der Waals surface area contributed by atoms with Crippen molar-refractivity contribution in [3.8, 4) is 67.5 Å². The fraction of sp³-hybridized carbons (Fsp3) is 0.0323. The maximum absolute atomic E-state index is 5.39. The van der Waals surface area contributed by atoms with Crippen LogP contribution in [0.1, 0.15) is 12.5 Å². The molecule has 316 valence electrons. The number of fused-ring (bicyclic) bond motifs is 5. The Kier molecular flexibility index (Phi) is 9.24. The summed E-state index contributed by atoms with van der Waals surface area (Å²) in [7, 11) is 0. The van der Waals surface area contributed by atoms with Crippen LogP contribution in [-0.2, 0) is 0 Å². The molecule has 5 heteroatoms. The first kappa shape index (κ1) is 38.6. The Bertz CT molecular complexity index is 3770. The van der Waals surface area contributed by atoms with Crippen molar-refractivity contribution in [1.29, 1.82) is 0 Å². The Hall–Kier alpha value is -8.80. The molecule has 5 nitrogen and oxygen atoms in total. The van der Waals surface area contributed by atoms with Gasteiger partial charge in [0.2, 0.25) is 0 Å². The lowest BCUT2D eigenvalue weighted by Crippen LogP contribution is -2.06. The van der Waals surface area contributed by atoms with Crippen LogP contribution in [-0.4, -0.2) is 23.7 Å². The van der Waals surface area contributed by atoms with E-state index < -0.39 is 0 Å². The third-order valence-corrected chi connectivity index (χ3v) is 13.4. The summed E-state index contributed by atoms with van der Waals surface area (Å²) in [4.78, 5) is 10.8. The number of imidazole rings is 2. The van der Waals surface area contributed by atoms with E-state index in [0.717, 1.165) is 79.3 Å². The maximum atomic E-state index is 5.39. The summed E-state index contributed by atoms with van der Waals surface area (Å²) in [6.45, 7) is 0. The molecule has 1 aliphatic carbocycles. The van der Waals surface area contributed by atoms with E-state index in [1.807, 2.05) is 0 Å². The van der Waals surface area contributed by atoms with Crippen molar-refractivity contribution >= 4 is 43.9 Å². The van der Waals surface area contributed by atoms with Crippen molar-refractivity contribution < 1.29 is 0 Å². The van der Waals surface area contributed by atoms with Crippen LogP contribution in [0, 0.1) is 0 Å². The van der Waals surface area contributed by atoms with Crippen LogP contribution in [0.4, 0.5) is 0 Å². The number of rotatable bonds is 8. The minimum Gasteiger partial charge on any atom is -0.333 e. The number of allylic oxidation sites excluding steroid dienone is 4. The van der Waals surface area contributed by atoms with E-state index in [4.69, 9.17) is 9.97 Å². The van der Waals surface area contributed by atoms with Crippen molar-refractivity contribution in [2.75, 3.05) is 0 Å². The monoisotopic (exact) mass is 857 g/mol. The second kappa shape index (κ2) is 16.0. The summed E-state index contributed by atoms with van der Waals surface area (Å²) in [5.41, 5.74) is 17.5. The highest BCUT2D eigenvalue weighted by molar-refractivity contribution is 6.10. The standard InChI is InChI=1S/C62H43N5/c1-4-20-46(21-5-1)65-57-33-17-14-30-53(57)54-41-42(36-37-58(54)65)49-26-10-12-28-51(49)52-29-13-11-27-50(52)43-38-44(61-63-55-31-15-18-34-59(55)66(61)47-22-6-2-7-23-47)40-45(39-43)62-64-56-32-16-19-35-60(56)67(62)48-24-8-3-9-25-48/h1-20,22-41,46H,21H2. The number of benzene rings is 9. The van der Waals surface area contributed by atoms with Crippen molar-refractivity contribution in [3.63, 3.8) is 0 Å². The van der Waals surface area contributed by atoms with Crippen LogP contribution in [0.15, 0.2) is 243 Å². The smallest absolute Gasteiger partial charge is 0.145 e. The number of nitrogens with zero attached hydrogens (tertiary/aromatic N) is 5. The first-order valence-corrected chi connectivity index (χ1v) is 23.0. The molecule has 0 fully saturated rings. The fourth-order valence-electron chi connectivity index (χ4n) is 10.4. The Morgan fingerprint density at radius 2 is 0.836 bits per heavy atom. The summed E-state index contributed by atoms with van der Waals surface area (Å²) < 4.78 is 7.08. The van der Waals surface area contributed by atoms with Gasteiger partial charge < -0.3 is 4.57 Å². The summed E-state index contributed by atoms with van der Waals surface area (Å²) in [6.07, 6.45) is 9.89. The van der Waals surface area contributed by atoms with Crippen LogP contribution in [0.5, 0.6) is 0 Å². The second-order valence-electron chi connectivity index (χ2n) is 17.3. The lowest BCUT2D eigenvalue weighted by atomic mass is 9.88. The third-order valence-electron chi connectivity index (χ3n) is 13.4. The largest absolute Gasteiger partial charge is 0.333 e. The number of hydrogen-bond acceptors (Lipinski definition) is 2. The van der Waals surface area contributed by atoms with Crippen LogP contribution in [0.25, 0.3) is 111 Å². The first-order valence-electron chi connectivity index (χ1n) is 23.0. The van der Waals surface area contributed by atoms with Gasteiger partial charge in [-0.15, -0.1) is 0 Å².